The monoisotopic (exact) mass is 376 g/mol. The summed E-state index contributed by atoms with van der Waals surface area (Å²) >= 11 is 3.38. The number of nitro groups is 1. The number of benzene rings is 2. The lowest BCUT2D eigenvalue weighted by Gasteiger charge is -2.17. The molecule has 2 rings (SSSR count). The molecule has 1 unspecified atom stereocenters. The van der Waals surface area contributed by atoms with Crippen molar-refractivity contribution in [3.05, 3.63) is 74.2 Å². The summed E-state index contributed by atoms with van der Waals surface area (Å²) in [6, 6.07) is 13.9. The Bertz CT molecular complexity index is 701. The molecule has 2 aromatic carbocycles. The van der Waals surface area contributed by atoms with Crippen molar-refractivity contribution in [2.75, 3.05) is 0 Å². The summed E-state index contributed by atoms with van der Waals surface area (Å²) in [4.78, 5) is 22.8. The van der Waals surface area contributed by atoms with E-state index in [1.165, 1.54) is 6.07 Å². The molecule has 0 heterocycles. The first kappa shape index (κ1) is 17.1. The van der Waals surface area contributed by atoms with Crippen LogP contribution in [0.5, 0.6) is 0 Å². The summed E-state index contributed by atoms with van der Waals surface area (Å²) in [5.74, 6) is -0.228. The molecule has 0 saturated heterocycles. The van der Waals surface area contributed by atoms with Crippen molar-refractivity contribution in [2.45, 2.75) is 25.8 Å². The first-order valence-corrected chi connectivity index (χ1v) is 8.07. The molecule has 5 nitrogen and oxygen atoms in total. The van der Waals surface area contributed by atoms with E-state index in [1.54, 1.807) is 18.2 Å². The molecular formula is C17H17BrN2O3. The van der Waals surface area contributed by atoms with E-state index in [0.717, 1.165) is 16.5 Å². The summed E-state index contributed by atoms with van der Waals surface area (Å²) in [5, 5.41) is 13.9. The van der Waals surface area contributed by atoms with Gasteiger partial charge in [-0.15, -0.1) is 0 Å². The fraction of sp³-hybridized carbons (Fsp3) is 0.235. The number of carbonyl (C=O) groups excluding carboxylic acids is 1. The van der Waals surface area contributed by atoms with E-state index in [-0.39, 0.29) is 24.1 Å². The van der Waals surface area contributed by atoms with Crippen molar-refractivity contribution in [2.24, 2.45) is 0 Å². The predicted molar refractivity (Wildman–Crippen MR) is 92.1 cm³/mol. The summed E-state index contributed by atoms with van der Waals surface area (Å²) in [6.07, 6.45) is 0.731. The lowest BCUT2D eigenvalue weighted by Crippen LogP contribution is -2.29. The summed E-state index contributed by atoms with van der Waals surface area (Å²) in [5.41, 5.74) is 1.40. The number of rotatable bonds is 6. The van der Waals surface area contributed by atoms with Crippen molar-refractivity contribution in [1.29, 1.82) is 0 Å². The van der Waals surface area contributed by atoms with Gasteiger partial charge in [0.15, 0.2) is 0 Å². The number of nitrogens with one attached hydrogen (secondary N) is 1. The first-order chi connectivity index (χ1) is 11.0. The molecule has 0 saturated carbocycles. The van der Waals surface area contributed by atoms with E-state index in [2.05, 4.69) is 21.2 Å². The highest BCUT2D eigenvalue weighted by molar-refractivity contribution is 9.10. The molecule has 0 fully saturated rings. The highest BCUT2D eigenvalue weighted by Gasteiger charge is 2.18. The zero-order valence-corrected chi connectivity index (χ0v) is 14.2. The quantitative estimate of drug-likeness (QED) is 0.607. The van der Waals surface area contributed by atoms with Crippen LogP contribution in [0.1, 0.15) is 30.5 Å². The van der Waals surface area contributed by atoms with Crippen LogP contribution in [0.4, 0.5) is 5.69 Å². The number of nitrogens with zero attached hydrogens (tertiary/aromatic N) is 1. The SMILES string of the molecule is CCC(NC(=O)Cc1ccccc1[N+](=O)[O-])c1ccc(Br)cc1. The molecule has 0 spiro atoms. The first-order valence-electron chi connectivity index (χ1n) is 7.28. The Morgan fingerprint density at radius 2 is 1.87 bits per heavy atom. The van der Waals surface area contributed by atoms with Gasteiger partial charge in [-0.3, -0.25) is 14.9 Å². The maximum Gasteiger partial charge on any atom is 0.273 e. The third kappa shape index (κ3) is 4.63. The Labute approximate surface area is 143 Å². The Balaban J connectivity index is 2.09. The van der Waals surface area contributed by atoms with Gasteiger partial charge in [-0.05, 0) is 24.1 Å². The number of halogens is 1. The van der Waals surface area contributed by atoms with Crippen LogP contribution in [-0.2, 0) is 11.2 Å². The average Bonchev–Trinajstić information content (AvgIpc) is 2.54. The molecule has 0 bridgehead atoms. The minimum absolute atomic E-state index is 0.00974. The van der Waals surface area contributed by atoms with Crippen LogP contribution in [0.25, 0.3) is 0 Å². The van der Waals surface area contributed by atoms with E-state index < -0.39 is 4.92 Å². The number of hydrogen-bond donors (Lipinski definition) is 1. The van der Waals surface area contributed by atoms with E-state index in [4.69, 9.17) is 0 Å². The minimum Gasteiger partial charge on any atom is -0.349 e. The van der Waals surface area contributed by atoms with Crippen LogP contribution >= 0.6 is 15.9 Å². The topological polar surface area (TPSA) is 72.2 Å². The molecule has 0 aliphatic rings. The molecule has 0 aliphatic carbocycles. The second-order valence-electron chi connectivity index (χ2n) is 5.14. The predicted octanol–water partition coefficient (Wildman–Crippen LogP) is 4.17. The Morgan fingerprint density at radius 1 is 1.22 bits per heavy atom. The molecular weight excluding hydrogens is 360 g/mol. The van der Waals surface area contributed by atoms with E-state index in [9.17, 15) is 14.9 Å². The third-order valence-electron chi connectivity index (χ3n) is 3.56. The molecule has 0 aliphatic heterocycles. The molecule has 0 radical (unpaired) electrons. The van der Waals surface area contributed by atoms with Crippen molar-refractivity contribution in [3.63, 3.8) is 0 Å². The standard InChI is InChI=1S/C17H17BrN2O3/c1-2-15(12-7-9-14(18)10-8-12)19-17(21)11-13-5-3-4-6-16(13)20(22)23/h3-10,15H,2,11H2,1H3,(H,19,21). The fourth-order valence-electron chi connectivity index (χ4n) is 2.37. The van der Waals surface area contributed by atoms with Crippen LogP contribution in [0.15, 0.2) is 53.0 Å². The molecule has 2 aromatic rings. The zero-order chi connectivity index (χ0) is 16.8. The van der Waals surface area contributed by atoms with E-state index >= 15 is 0 Å². The van der Waals surface area contributed by atoms with E-state index in [1.807, 2.05) is 31.2 Å². The van der Waals surface area contributed by atoms with Gasteiger partial charge in [0, 0.05) is 16.1 Å². The van der Waals surface area contributed by atoms with Crippen LogP contribution in [-0.4, -0.2) is 10.8 Å². The van der Waals surface area contributed by atoms with Gasteiger partial charge in [0.1, 0.15) is 0 Å². The van der Waals surface area contributed by atoms with Gasteiger partial charge in [0.25, 0.3) is 5.69 Å². The molecule has 120 valence electrons. The summed E-state index contributed by atoms with van der Waals surface area (Å²) < 4.78 is 0.974. The fourth-order valence-corrected chi connectivity index (χ4v) is 2.64. The zero-order valence-electron chi connectivity index (χ0n) is 12.7. The van der Waals surface area contributed by atoms with Crippen LogP contribution in [0.3, 0.4) is 0 Å². The maximum absolute atomic E-state index is 12.3. The van der Waals surface area contributed by atoms with Gasteiger partial charge in [0.2, 0.25) is 5.91 Å². The minimum atomic E-state index is -0.464. The summed E-state index contributed by atoms with van der Waals surface area (Å²) in [6.45, 7) is 1.98. The normalized spacial score (nSPS) is 11.7. The molecule has 0 aromatic heterocycles. The number of hydrogen-bond acceptors (Lipinski definition) is 3. The Morgan fingerprint density at radius 3 is 2.48 bits per heavy atom. The van der Waals surface area contributed by atoms with Crippen molar-refractivity contribution < 1.29 is 9.72 Å². The second-order valence-corrected chi connectivity index (χ2v) is 6.06. The molecule has 1 amide bonds. The van der Waals surface area contributed by atoms with Crippen molar-refractivity contribution >= 4 is 27.5 Å². The number of amides is 1. The highest BCUT2D eigenvalue weighted by atomic mass is 79.9. The second kappa shape index (κ2) is 7.87. The molecule has 1 atom stereocenters. The molecule has 6 heteroatoms. The highest BCUT2D eigenvalue weighted by Crippen LogP contribution is 2.21. The van der Waals surface area contributed by atoms with Crippen LogP contribution < -0.4 is 5.32 Å². The molecule has 23 heavy (non-hydrogen) atoms. The van der Waals surface area contributed by atoms with Crippen LogP contribution in [0.2, 0.25) is 0 Å². The van der Waals surface area contributed by atoms with Crippen molar-refractivity contribution in [3.8, 4) is 0 Å². The van der Waals surface area contributed by atoms with Gasteiger partial charge in [-0.1, -0.05) is 53.2 Å². The lowest BCUT2D eigenvalue weighted by atomic mass is 10.0. The number of carbonyl (C=O) groups is 1. The number of nitro benzene ring substituents is 1. The number of para-hydroxylation sites is 1. The largest absolute Gasteiger partial charge is 0.349 e. The van der Waals surface area contributed by atoms with Gasteiger partial charge in [-0.2, -0.15) is 0 Å². The molecule has 1 N–H and O–H groups in total. The van der Waals surface area contributed by atoms with Gasteiger partial charge in [-0.25, -0.2) is 0 Å². The van der Waals surface area contributed by atoms with E-state index in [0.29, 0.717) is 5.56 Å². The van der Waals surface area contributed by atoms with Gasteiger partial charge < -0.3 is 5.32 Å². The lowest BCUT2D eigenvalue weighted by molar-refractivity contribution is -0.385. The summed E-state index contributed by atoms with van der Waals surface area (Å²) in [7, 11) is 0. The Kier molecular flexibility index (Phi) is 5.87. The smallest absolute Gasteiger partial charge is 0.273 e. The Hall–Kier alpha value is -2.21. The average molecular weight is 377 g/mol. The van der Waals surface area contributed by atoms with Gasteiger partial charge >= 0.3 is 0 Å². The van der Waals surface area contributed by atoms with Crippen LogP contribution in [0, 0.1) is 10.1 Å². The maximum atomic E-state index is 12.3. The van der Waals surface area contributed by atoms with Gasteiger partial charge in [0.05, 0.1) is 17.4 Å². The van der Waals surface area contributed by atoms with Crippen molar-refractivity contribution in [1.82, 2.24) is 5.32 Å². The third-order valence-corrected chi connectivity index (χ3v) is 4.08.